The monoisotopic (exact) mass is 375 g/mol. The van der Waals surface area contributed by atoms with Gasteiger partial charge in [0.05, 0.1) is 6.61 Å². The molecule has 1 aliphatic heterocycles. The minimum Gasteiger partial charge on any atom is -0.493 e. The van der Waals surface area contributed by atoms with Crippen molar-refractivity contribution in [2.75, 3.05) is 18.5 Å². The summed E-state index contributed by atoms with van der Waals surface area (Å²) in [5.74, 6) is 1.11. The van der Waals surface area contributed by atoms with Gasteiger partial charge in [-0.05, 0) is 31.5 Å². The lowest BCUT2D eigenvalue weighted by atomic mass is 10.1. The van der Waals surface area contributed by atoms with E-state index in [4.69, 9.17) is 4.74 Å². The van der Waals surface area contributed by atoms with Gasteiger partial charge in [0.25, 0.3) is 0 Å². The normalized spacial score (nSPS) is 14.1. The molecule has 0 saturated carbocycles. The minimum atomic E-state index is 0.540. The van der Waals surface area contributed by atoms with Crippen LogP contribution in [0.25, 0.3) is 0 Å². The lowest BCUT2D eigenvalue weighted by Crippen LogP contribution is -2.32. The summed E-state index contributed by atoms with van der Waals surface area (Å²) in [4.78, 5) is 2.46. The molecule has 0 atom stereocenters. The Balaban J connectivity index is 2.22. The third kappa shape index (κ3) is 3.28. The summed E-state index contributed by atoms with van der Waals surface area (Å²) in [6, 6.07) is 4.91. The summed E-state index contributed by atoms with van der Waals surface area (Å²) in [6.07, 6.45) is 1.03. The predicted octanol–water partition coefficient (Wildman–Crippen LogP) is 3.99. The van der Waals surface area contributed by atoms with Crippen LogP contribution in [0.5, 0.6) is 5.75 Å². The molecule has 0 spiro atoms. The molecule has 1 aromatic carbocycles. The van der Waals surface area contributed by atoms with Crippen molar-refractivity contribution in [2.24, 2.45) is 0 Å². The molecule has 0 aliphatic carbocycles. The molecule has 0 unspecified atom stereocenters. The second kappa shape index (κ2) is 6.40. The standard InChI is InChI=1S/C14H19Br2NO/c1-10(2)17(5-4-15)9-12-8-13(16)7-11-3-6-18-14(11)12/h7-8,10H,3-6,9H2,1-2H3. The molecular formula is C14H19Br2NO. The van der Waals surface area contributed by atoms with Gasteiger partial charge < -0.3 is 4.74 Å². The van der Waals surface area contributed by atoms with Crippen LogP contribution in [-0.2, 0) is 13.0 Å². The van der Waals surface area contributed by atoms with Gasteiger partial charge in [-0.1, -0.05) is 31.9 Å². The second-order valence-electron chi connectivity index (χ2n) is 4.90. The Kier molecular flexibility index (Phi) is 5.10. The van der Waals surface area contributed by atoms with Gasteiger partial charge in [-0.2, -0.15) is 0 Å². The van der Waals surface area contributed by atoms with Gasteiger partial charge in [-0.3, -0.25) is 4.90 Å². The van der Waals surface area contributed by atoms with E-state index in [1.807, 2.05) is 0 Å². The zero-order valence-corrected chi connectivity index (χ0v) is 14.1. The largest absolute Gasteiger partial charge is 0.493 e. The van der Waals surface area contributed by atoms with Crippen LogP contribution >= 0.6 is 31.9 Å². The van der Waals surface area contributed by atoms with E-state index in [1.165, 1.54) is 11.1 Å². The first-order valence-corrected chi connectivity index (χ1v) is 8.27. The van der Waals surface area contributed by atoms with Gasteiger partial charge in [0.2, 0.25) is 0 Å². The number of fused-ring (bicyclic) bond motifs is 1. The van der Waals surface area contributed by atoms with Crippen molar-refractivity contribution < 1.29 is 4.74 Å². The number of ether oxygens (including phenoxy) is 1. The van der Waals surface area contributed by atoms with Crippen LogP contribution in [0.3, 0.4) is 0 Å². The van der Waals surface area contributed by atoms with Crippen molar-refractivity contribution in [2.45, 2.75) is 32.9 Å². The van der Waals surface area contributed by atoms with Crippen molar-refractivity contribution in [3.8, 4) is 5.75 Å². The lowest BCUT2D eigenvalue weighted by Gasteiger charge is -2.26. The summed E-state index contributed by atoms with van der Waals surface area (Å²) >= 11 is 7.12. The number of halogens is 2. The average molecular weight is 377 g/mol. The smallest absolute Gasteiger partial charge is 0.127 e. The molecule has 0 fully saturated rings. The van der Waals surface area contributed by atoms with Crippen LogP contribution in [-0.4, -0.2) is 29.4 Å². The number of rotatable bonds is 5. The van der Waals surface area contributed by atoms with Crippen molar-refractivity contribution >= 4 is 31.9 Å². The van der Waals surface area contributed by atoms with Crippen LogP contribution < -0.4 is 4.74 Å². The highest BCUT2D eigenvalue weighted by molar-refractivity contribution is 9.10. The Labute approximate surface area is 126 Å². The van der Waals surface area contributed by atoms with E-state index >= 15 is 0 Å². The lowest BCUT2D eigenvalue weighted by molar-refractivity contribution is 0.223. The summed E-state index contributed by atoms with van der Waals surface area (Å²) < 4.78 is 6.94. The average Bonchev–Trinajstić information content (AvgIpc) is 2.76. The Morgan fingerprint density at radius 3 is 2.83 bits per heavy atom. The molecule has 0 radical (unpaired) electrons. The van der Waals surface area contributed by atoms with Gasteiger partial charge in [-0.25, -0.2) is 0 Å². The first kappa shape index (κ1) is 14.4. The van der Waals surface area contributed by atoms with Gasteiger partial charge in [0.15, 0.2) is 0 Å². The molecule has 0 amide bonds. The van der Waals surface area contributed by atoms with E-state index in [0.29, 0.717) is 6.04 Å². The zero-order chi connectivity index (χ0) is 13.1. The fourth-order valence-corrected chi connectivity index (χ4v) is 3.32. The molecule has 2 nitrogen and oxygen atoms in total. The maximum Gasteiger partial charge on any atom is 0.127 e. The molecule has 18 heavy (non-hydrogen) atoms. The molecule has 0 bridgehead atoms. The van der Waals surface area contributed by atoms with Crippen LogP contribution in [0.4, 0.5) is 0 Å². The van der Waals surface area contributed by atoms with E-state index in [-0.39, 0.29) is 0 Å². The summed E-state index contributed by atoms with van der Waals surface area (Å²) in [5.41, 5.74) is 2.63. The van der Waals surface area contributed by atoms with Crippen LogP contribution in [0.2, 0.25) is 0 Å². The predicted molar refractivity (Wildman–Crippen MR) is 82.7 cm³/mol. The van der Waals surface area contributed by atoms with E-state index in [0.717, 1.165) is 41.7 Å². The fraction of sp³-hybridized carbons (Fsp3) is 0.571. The third-order valence-electron chi connectivity index (χ3n) is 3.30. The fourth-order valence-electron chi connectivity index (χ4n) is 2.31. The number of nitrogens with zero attached hydrogens (tertiary/aromatic N) is 1. The molecule has 1 heterocycles. The number of benzene rings is 1. The van der Waals surface area contributed by atoms with E-state index in [1.54, 1.807) is 0 Å². The molecule has 1 aromatic rings. The van der Waals surface area contributed by atoms with E-state index in [2.05, 4.69) is 62.7 Å². The highest BCUT2D eigenvalue weighted by Gasteiger charge is 2.20. The molecule has 1 aliphatic rings. The minimum absolute atomic E-state index is 0.540. The maximum atomic E-state index is 5.78. The summed E-state index contributed by atoms with van der Waals surface area (Å²) in [5, 5.41) is 1.00. The first-order valence-electron chi connectivity index (χ1n) is 6.36. The van der Waals surface area contributed by atoms with Gasteiger partial charge in [0, 0.05) is 40.9 Å². The number of alkyl halides is 1. The maximum absolute atomic E-state index is 5.78. The molecule has 0 aromatic heterocycles. The van der Waals surface area contributed by atoms with Gasteiger partial charge >= 0.3 is 0 Å². The topological polar surface area (TPSA) is 12.5 Å². The number of hydrogen-bond acceptors (Lipinski definition) is 2. The molecule has 0 saturated heterocycles. The zero-order valence-electron chi connectivity index (χ0n) is 10.9. The van der Waals surface area contributed by atoms with Gasteiger partial charge in [-0.15, -0.1) is 0 Å². The molecule has 0 N–H and O–H groups in total. The Morgan fingerprint density at radius 1 is 1.39 bits per heavy atom. The van der Waals surface area contributed by atoms with Gasteiger partial charge in [0.1, 0.15) is 5.75 Å². The first-order chi connectivity index (χ1) is 8.61. The van der Waals surface area contributed by atoms with E-state index in [9.17, 15) is 0 Å². The Bertz CT molecular complexity index is 421. The van der Waals surface area contributed by atoms with Crippen molar-refractivity contribution in [3.05, 3.63) is 27.7 Å². The second-order valence-corrected chi connectivity index (χ2v) is 6.61. The summed E-state index contributed by atoms with van der Waals surface area (Å²) in [7, 11) is 0. The highest BCUT2D eigenvalue weighted by Crippen LogP contribution is 2.33. The Hall–Kier alpha value is -0.0600. The molecule has 100 valence electrons. The summed E-state index contributed by atoms with van der Waals surface area (Å²) in [6.45, 7) is 7.30. The molecular weight excluding hydrogens is 358 g/mol. The van der Waals surface area contributed by atoms with Crippen LogP contribution in [0.1, 0.15) is 25.0 Å². The van der Waals surface area contributed by atoms with E-state index < -0.39 is 0 Å². The van der Waals surface area contributed by atoms with Crippen molar-refractivity contribution in [1.82, 2.24) is 4.90 Å². The third-order valence-corrected chi connectivity index (χ3v) is 4.11. The van der Waals surface area contributed by atoms with Crippen molar-refractivity contribution in [3.63, 3.8) is 0 Å². The SMILES string of the molecule is CC(C)N(CCBr)Cc1cc(Br)cc2c1OCC2. The highest BCUT2D eigenvalue weighted by atomic mass is 79.9. The number of hydrogen-bond donors (Lipinski definition) is 0. The van der Waals surface area contributed by atoms with Crippen LogP contribution in [0.15, 0.2) is 16.6 Å². The van der Waals surface area contributed by atoms with Crippen LogP contribution in [0, 0.1) is 0 Å². The quantitative estimate of drug-likeness (QED) is 0.720. The molecule has 4 heteroatoms. The Morgan fingerprint density at radius 2 is 2.17 bits per heavy atom. The molecule has 2 rings (SSSR count). The van der Waals surface area contributed by atoms with Crippen molar-refractivity contribution in [1.29, 1.82) is 0 Å².